The van der Waals surface area contributed by atoms with Crippen LogP contribution in [-0.2, 0) is 0 Å². The first-order valence-electron chi connectivity index (χ1n) is 11.6. The number of halogens is 2. The molecule has 0 saturated carbocycles. The second-order valence-corrected chi connectivity index (χ2v) is 9.12. The summed E-state index contributed by atoms with van der Waals surface area (Å²) in [5.74, 6) is -2.09. The van der Waals surface area contributed by atoms with Crippen molar-refractivity contribution in [1.29, 1.82) is 0 Å². The Balaban J connectivity index is 1.50. The van der Waals surface area contributed by atoms with Crippen LogP contribution in [0.3, 0.4) is 0 Å². The summed E-state index contributed by atoms with van der Waals surface area (Å²) in [6, 6.07) is 27.6. The molecule has 0 saturated heterocycles. The zero-order valence-electron chi connectivity index (χ0n) is 18.7. The topological polar surface area (TPSA) is 37.4 Å². The fraction of sp³-hybridized carbons (Fsp3) is 0.133. The summed E-state index contributed by atoms with van der Waals surface area (Å²) in [4.78, 5) is 27.8. The third-order valence-corrected chi connectivity index (χ3v) is 7.23. The Hall–Kier alpha value is -4.12. The molecule has 0 fully saturated rings. The molecular formula is C30H21F2NO2. The van der Waals surface area contributed by atoms with Crippen molar-refractivity contribution in [3.8, 4) is 0 Å². The van der Waals surface area contributed by atoms with Crippen molar-refractivity contribution < 1.29 is 18.4 Å². The maximum absolute atomic E-state index is 14.5. The molecule has 4 aromatic rings. The molecule has 2 aliphatic rings. The van der Waals surface area contributed by atoms with Gasteiger partial charge in [-0.3, -0.25) is 14.5 Å². The van der Waals surface area contributed by atoms with Crippen LogP contribution in [-0.4, -0.2) is 23.3 Å². The smallest absolute Gasteiger partial charge is 0.261 e. The number of carbonyl (C=O) groups is 2. The summed E-state index contributed by atoms with van der Waals surface area (Å²) in [6.45, 7) is 0.157. The van der Waals surface area contributed by atoms with E-state index < -0.39 is 0 Å². The molecule has 0 aromatic heterocycles. The van der Waals surface area contributed by atoms with Gasteiger partial charge in [0.05, 0.1) is 11.1 Å². The molecule has 5 heteroatoms. The lowest BCUT2D eigenvalue weighted by Crippen LogP contribution is -2.37. The standard InChI is InChI=1S/C30H21F2NO2/c31-20-12-10-19(11-13-20)27-22-15-14-21(32)16-25(22)28(18-6-2-1-3-7-18)26(27)17-33-29(34)23-8-4-5-9-24(23)30(33)35/h1-16,26-28H,17H2/t26-,27+,28-/m0/s1. The van der Waals surface area contributed by atoms with Crippen molar-refractivity contribution in [1.82, 2.24) is 4.90 Å². The van der Waals surface area contributed by atoms with Gasteiger partial charge in [0.25, 0.3) is 11.8 Å². The highest BCUT2D eigenvalue weighted by atomic mass is 19.1. The lowest BCUT2D eigenvalue weighted by atomic mass is 9.79. The molecule has 0 spiro atoms. The Kier molecular flexibility index (Phi) is 5.06. The number of fused-ring (bicyclic) bond motifs is 2. The van der Waals surface area contributed by atoms with Gasteiger partial charge in [-0.2, -0.15) is 0 Å². The Morgan fingerprint density at radius 3 is 1.80 bits per heavy atom. The van der Waals surface area contributed by atoms with E-state index in [4.69, 9.17) is 0 Å². The molecule has 6 rings (SSSR count). The predicted octanol–water partition coefficient (Wildman–Crippen LogP) is 6.15. The first-order valence-corrected chi connectivity index (χ1v) is 11.6. The minimum absolute atomic E-state index is 0.157. The van der Waals surface area contributed by atoms with Gasteiger partial charge >= 0.3 is 0 Å². The number of hydrogen-bond donors (Lipinski definition) is 0. The summed E-state index contributed by atoms with van der Waals surface area (Å²) < 4.78 is 28.3. The van der Waals surface area contributed by atoms with E-state index in [-0.39, 0.29) is 47.7 Å². The van der Waals surface area contributed by atoms with Gasteiger partial charge in [0.1, 0.15) is 11.6 Å². The van der Waals surface area contributed by atoms with Crippen molar-refractivity contribution in [3.63, 3.8) is 0 Å². The molecule has 2 amide bonds. The van der Waals surface area contributed by atoms with Gasteiger partial charge in [0.2, 0.25) is 0 Å². The van der Waals surface area contributed by atoms with E-state index in [0.717, 1.165) is 22.3 Å². The van der Waals surface area contributed by atoms with Gasteiger partial charge in [-0.1, -0.05) is 60.7 Å². The summed E-state index contributed by atoms with van der Waals surface area (Å²) in [5, 5.41) is 0. The van der Waals surface area contributed by atoms with Crippen molar-refractivity contribution >= 4 is 11.8 Å². The van der Waals surface area contributed by atoms with Crippen LogP contribution in [0.25, 0.3) is 0 Å². The minimum Gasteiger partial charge on any atom is -0.274 e. The summed E-state index contributed by atoms with van der Waals surface area (Å²) in [6.07, 6.45) is 0. The lowest BCUT2D eigenvalue weighted by Gasteiger charge is -2.30. The van der Waals surface area contributed by atoms with E-state index in [1.54, 1.807) is 48.5 Å². The first-order chi connectivity index (χ1) is 17.0. The third kappa shape index (κ3) is 3.46. The fourth-order valence-corrected chi connectivity index (χ4v) is 5.76. The van der Waals surface area contributed by atoms with Gasteiger partial charge in [-0.05, 0) is 64.6 Å². The van der Waals surface area contributed by atoms with E-state index in [1.807, 2.05) is 30.3 Å². The second kappa shape index (κ2) is 8.27. The number of benzene rings is 4. The maximum atomic E-state index is 14.5. The van der Waals surface area contributed by atoms with Crippen LogP contribution in [0.1, 0.15) is 54.8 Å². The van der Waals surface area contributed by atoms with Crippen molar-refractivity contribution in [2.45, 2.75) is 11.8 Å². The van der Waals surface area contributed by atoms with E-state index >= 15 is 0 Å². The lowest BCUT2D eigenvalue weighted by molar-refractivity contribution is 0.0622. The van der Waals surface area contributed by atoms with Crippen LogP contribution in [0.15, 0.2) is 97.1 Å². The predicted molar refractivity (Wildman–Crippen MR) is 128 cm³/mol. The van der Waals surface area contributed by atoms with Crippen LogP contribution in [0.5, 0.6) is 0 Å². The molecule has 3 nitrogen and oxygen atoms in total. The zero-order chi connectivity index (χ0) is 24.1. The van der Waals surface area contributed by atoms with E-state index in [9.17, 15) is 18.4 Å². The molecule has 0 N–H and O–H groups in total. The largest absolute Gasteiger partial charge is 0.274 e. The molecule has 0 radical (unpaired) electrons. The van der Waals surface area contributed by atoms with Gasteiger partial charge in [0.15, 0.2) is 0 Å². The van der Waals surface area contributed by atoms with Gasteiger partial charge in [-0.25, -0.2) is 8.78 Å². The van der Waals surface area contributed by atoms with Crippen molar-refractivity contribution in [2.75, 3.05) is 6.54 Å². The number of imide groups is 1. The number of nitrogens with zero attached hydrogens (tertiary/aromatic N) is 1. The third-order valence-electron chi connectivity index (χ3n) is 7.23. The van der Waals surface area contributed by atoms with E-state index in [0.29, 0.717) is 11.1 Å². The molecule has 1 aliphatic carbocycles. The van der Waals surface area contributed by atoms with Gasteiger partial charge in [-0.15, -0.1) is 0 Å². The molecule has 35 heavy (non-hydrogen) atoms. The highest BCUT2D eigenvalue weighted by Gasteiger charge is 2.46. The SMILES string of the molecule is O=C1c2ccccc2C(=O)N1C[C@H]1[C@H](c2ccc(F)cc2)c2ccc(F)cc2[C@@H]1c1ccccc1. The highest BCUT2D eigenvalue weighted by Crippen LogP contribution is 2.53. The number of rotatable bonds is 4. The Bertz CT molecular complexity index is 1410. The van der Waals surface area contributed by atoms with Crippen molar-refractivity contribution in [3.05, 3.63) is 142 Å². The van der Waals surface area contributed by atoms with Gasteiger partial charge in [0, 0.05) is 18.4 Å². The normalized spacial score (nSPS) is 20.7. The summed E-state index contributed by atoms with van der Waals surface area (Å²) in [7, 11) is 0. The molecule has 172 valence electrons. The maximum Gasteiger partial charge on any atom is 0.261 e. The Morgan fingerprint density at radius 2 is 1.14 bits per heavy atom. The molecule has 3 atom stereocenters. The average Bonchev–Trinajstić information content (AvgIpc) is 3.32. The highest BCUT2D eigenvalue weighted by molar-refractivity contribution is 6.21. The summed E-state index contributed by atoms with van der Waals surface area (Å²) >= 11 is 0. The zero-order valence-corrected chi connectivity index (χ0v) is 18.7. The number of amides is 2. The van der Waals surface area contributed by atoms with Crippen LogP contribution >= 0.6 is 0 Å². The molecule has 1 heterocycles. The van der Waals surface area contributed by atoms with Crippen molar-refractivity contribution in [2.24, 2.45) is 5.92 Å². The number of hydrogen-bond acceptors (Lipinski definition) is 2. The summed E-state index contributed by atoms with van der Waals surface area (Å²) in [5.41, 5.74) is 4.38. The molecular weight excluding hydrogens is 444 g/mol. The van der Waals surface area contributed by atoms with Crippen LogP contribution in [0.4, 0.5) is 8.78 Å². The van der Waals surface area contributed by atoms with Crippen LogP contribution < -0.4 is 0 Å². The van der Waals surface area contributed by atoms with Gasteiger partial charge < -0.3 is 0 Å². The molecule has 4 aromatic carbocycles. The Labute approximate surface area is 201 Å². The van der Waals surface area contributed by atoms with Crippen LogP contribution in [0.2, 0.25) is 0 Å². The Morgan fingerprint density at radius 1 is 0.600 bits per heavy atom. The molecule has 0 bridgehead atoms. The second-order valence-electron chi connectivity index (χ2n) is 9.12. The quantitative estimate of drug-likeness (QED) is 0.339. The average molecular weight is 465 g/mol. The van der Waals surface area contributed by atoms with E-state index in [2.05, 4.69) is 0 Å². The number of carbonyl (C=O) groups excluding carboxylic acids is 2. The first kappa shape index (κ1) is 21.4. The van der Waals surface area contributed by atoms with E-state index in [1.165, 1.54) is 23.1 Å². The fourth-order valence-electron chi connectivity index (χ4n) is 5.76. The van der Waals surface area contributed by atoms with Crippen LogP contribution in [0, 0.1) is 17.6 Å². The molecule has 1 aliphatic heterocycles. The minimum atomic E-state index is -0.345. The molecule has 0 unspecified atom stereocenters. The monoisotopic (exact) mass is 465 g/mol.